The summed E-state index contributed by atoms with van der Waals surface area (Å²) in [5, 5.41) is 7.83. The molecule has 0 unspecified atom stereocenters. The SMILES string of the molecule is COc1cc(F)c2nc(N3CC[C@@H](NCC4COC4)[C@@H](F)C3)c(-c3nc(C)no3)c(C)c2c1. The average molecular weight is 459 g/mol. The zero-order chi connectivity index (χ0) is 23.1. The highest BCUT2D eigenvalue weighted by Crippen LogP contribution is 2.39. The molecule has 176 valence electrons. The third-order valence-corrected chi connectivity index (χ3v) is 6.45. The Morgan fingerprint density at radius 2 is 2.06 bits per heavy atom. The maximum absolute atomic E-state index is 15.2. The van der Waals surface area contributed by atoms with Gasteiger partial charge >= 0.3 is 0 Å². The van der Waals surface area contributed by atoms with Gasteiger partial charge in [-0.25, -0.2) is 13.8 Å². The van der Waals surface area contributed by atoms with E-state index < -0.39 is 12.0 Å². The number of aryl methyl sites for hydroxylation is 2. The van der Waals surface area contributed by atoms with Crippen LogP contribution >= 0.6 is 0 Å². The topological polar surface area (TPSA) is 85.5 Å². The minimum absolute atomic E-state index is 0.134. The van der Waals surface area contributed by atoms with Crippen molar-refractivity contribution in [1.29, 1.82) is 0 Å². The number of pyridine rings is 1. The summed E-state index contributed by atoms with van der Waals surface area (Å²) in [4.78, 5) is 10.9. The van der Waals surface area contributed by atoms with Gasteiger partial charge in [-0.2, -0.15) is 4.98 Å². The molecular weight excluding hydrogens is 432 g/mol. The summed E-state index contributed by atoms with van der Waals surface area (Å²) in [6, 6.07) is 2.79. The van der Waals surface area contributed by atoms with Crippen LogP contribution in [-0.4, -0.2) is 67.3 Å². The molecule has 10 heteroatoms. The molecule has 2 aromatic heterocycles. The number of piperidine rings is 1. The monoisotopic (exact) mass is 459 g/mol. The highest BCUT2D eigenvalue weighted by atomic mass is 19.1. The Morgan fingerprint density at radius 1 is 1.24 bits per heavy atom. The summed E-state index contributed by atoms with van der Waals surface area (Å²) in [7, 11) is 1.48. The standard InChI is InChI=1S/C23H27F2N5O3/c1-12-16-6-15(31-3)7-17(24)21(16)28-22(20(12)23-27-13(2)29-33-23)30-5-4-19(18(25)9-30)26-8-14-10-32-11-14/h6-7,14,18-19,26H,4-5,8-11H2,1-3H3/t18-,19+/m0/s1. The molecule has 0 spiro atoms. The van der Waals surface area contributed by atoms with Crippen molar-refractivity contribution in [2.24, 2.45) is 5.92 Å². The van der Waals surface area contributed by atoms with Crippen molar-refractivity contribution >= 4 is 16.7 Å². The van der Waals surface area contributed by atoms with E-state index in [-0.39, 0.29) is 24.0 Å². The Balaban J connectivity index is 1.52. The fraction of sp³-hybridized carbons (Fsp3) is 0.522. The molecule has 0 saturated carbocycles. The van der Waals surface area contributed by atoms with Crippen LogP contribution in [0.25, 0.3) is 22.4 Å². The summed E-state index contributed by atoms with van der Waals surface area (Å²) in [6.45, 7) is 6.48. The largest absolute Gasteiger partial charge is 0.497 e. The van der Waals surface area contributed by atoms with Crippen LogP contribution in [0, 0.1) is 25.6 Å². The van der Waals surface area contributed by atoms with Crippen LogP contribution in [0.3, 0.4) is 0 Å². The number of methoxy groups -OCH3 is 1. The van der Waals surface area contributed by atoms with Crippen molar-refractivity contribution in [1.82, 2.24) is 20.4 Å². The first kappa shape index (κ1) is 22.0. The summed E-state index contributed by atoms with van der Waals surface area (Å²) < 4.78 is 46.0. The number of benzene rings is 1. The summed E-state index contributed by atoms with van der Waals surface area (Å²) in [5.74, 6) is 1.53. The number of nitrogens with one attached hydrogen (secondary N) is 1. The lowest BCUT2D eigenvalue weighted by Gasteiger charge is -2.38. The minimum atomic E-state index is -1.10. The number of halogens is 2. The minimum Gasteiger partial charge on any atom is -0.497 e. The number of anilines is 1. The van der Waals surface area contributed by atoms with Crippen molar-refractivity contribution in [3.8, 4) is 17.2 Å². The van der Waals surface area contributed by atoms with Crippen molar-refractivity contribution in [2.45, 2.75) is 32.5 Å². The third-order valence-electron chi connectivity index (χ3n) is 6.45. The lowest BCUT2D eigenvalue weighted by Crippen LogP contribution is -2.53. The van der Waals surface area contributed by atoms with Gasteiger partial charge in [0.15, 0.2) is 11.6 Å². The molecule has 5 rings (SSSR count). The number of hydrogen-bond acceptors (Lipinski definition) is 8. The number of fused-ring (bicyclic) bond motifs is 1. The molecule has 2 atom stereocenters. The number of rotatable bonds is 6. The smallest absolute Gasteiger partial charge is 0.261 e. The first-order chi connectivity index (χ1) is 15.9. The molecule has 2 fully saturated rings. The maximum Gasteiger partial charge on any atom is 0.261 e. The summed E-state index contributed by atoms with van der Waals surface area (Å²) >= 11 is 0. The Kier molecular flexibility index (Phi) is 5.88. The molecule has 4 heterocycles. The molecule has 3 aromatic rings. The fourth-order valence-corrected chi connectivity index (χ4v) is 4.49. The normalized spacial score (nSPS) is 21.4. The van der Waals surface area contributed by atoms with Crippen molar-refractivity contribution in [2.75, 3.05) is 44.9 Å². The zero-order valence-corrected chi connectivity index (χ0v) is 18.9. The third kappa shape index (κ3) is 4.13. The molecule has 2 saturated heterocycles. The van der Waals surface area contributed by atoms with Crippen LogP contribution in [0.2, 0.25) is 0 Å². The van der Waals surface area contributed by atoms with Crippen molar-refractivity contribution in [3.05, 3.63) is 29.3 Å². The van der Waals surface area contributed by atoms with Gasteiger partial charge in [-0.1, -0.05) is 5.16 Å². The van der Waals surface area contributed by atoms with Crippen LogP contribution in [0.15, 0.2) is 16.7 Å². The first-order valence-corrected chi connectivity index (χ1v) is 11.1. The van der Waals surface area contributed by atoms with Gasteiger partial charge in [0.1, 0.15) is 23.3 Å². The van der Waals surface area contributed by atoms with Gasteiger partial charge in [-0.15, -0.1) is 0 Å². The highest BCUT2D eigenvalue weighted by Gasteiger charge is 2.33. The Labute approximate surface area is 190 Å². The predicted octanol–water partition coefficient (Wildman–Crippen LogP) is 3.20. The van der Waals surface area contributed by atoms with Gasteiger partial charge in [0.2, 0.25) is 0 Å². The Bertz CT molecular complexity index is 1170. The number of hydrogen-bond donors (Lipinski definition) is 1. The Morgan fingerprint density at radius 3 is 2.70 bits per heavy atom. The highest BCUT2D eigenvalue weighted by molar-refractivity contribution is 5.93. The van der Waals surface area contributed by atoms with Gasteiger partial charge in [0.05, 0.1) is 32.4 Å². The van der Waals surface area contributed by atoms with Crippen LogP contribution in [0.4, 0.5) is 14.6 Å². The van der Waals surface area contributed by atoms with Gasteiger partial charge < -0.3 is 24.2 Å². The van der Waals surface area contributed by atoms with Gasteiger partial charge in [0.25, 0.3) is 5.89 Å². The van der Waals surface area contributed by atoms with E-state index in [1.807, 2.05) is 11.8 Å². The van der Waals surface area contributed by atoms with Crippen molar-refractivity contribution < 1.29 is 22.8 Å². The first-order valence-electron chi connectivity index (χ1n) is 11.1. The number of alkyl halides is 1. The van der Waals surface area contributed by atoms with E-state index in [2.05, 4.69) is 20.4 Å². The second kappa shape index (κ2) is 8.83. The lowest BCUT2D eigenvalue weighted by molar-refractivity contribution is -0.0329. The molecule has 0 bridgehead atoms. The molecule has 8 nitrogen and oxygen atoms in total. The Hall–Kier alpha value is -2.85. The van der Waals surface area contributed by atoms with Crippen LogP contribution in [0.1, 0.15) is 17.8 Å². The number of ether oxygens (including phenoxy) is 2. The van der Waals surface area contributed by atoms with E-state index in [1.165, 1.54) is 13.2 Å². The van der Waals surface area contributed by atoms with Crippen LogP contribution < -0.4 is 15.0 Å². The molecule has 1 N–H and O–H groups in total. The van der Waals surface area contributed by atoms with E-state index in [1.54, 1.807) is 13.0 Å². The molecule has 33 heavy (non-hydrogen) atoms. The quantitative estimate of drug-likeness (QED) is 0.602. The van der Waals surface area contributed by atoms with Gasteiger partial charge in [0, 0.05) is 36.5 Å². The van der Waals surface area contributed by atoms with Crippen LogP contribution in [0.5, 0.6) is 5.75 Å². The molecule has 0 radical (unpaired) electrons. The van der Waals surface area contributed by atoms with Gasteiger partial charge in [-0.05, 0) is 31.9 Å². The molecular formula is C23H27F2N5O3. The lowest BCUT2D eigenvalue weighted by atomic mass is 9.98. The fourth-order valence-electron chi connectivity index (χ4n) is 4.49. The second-order valence-corrected chi connectivity index (χ2v) is 8.76. The number of aromatic nitrogens is 3. The predicted molar refractivity (Wildman–Crippen MR) is 119 cm³/mol. The van der Waals surface area contributed by atoms with E-state index in [4.69, 9.17) is 14.0 Å². The second-order valence-electron chi connectivity index (χ2n) is 8.76. The van der Waals surface area contributed by atoms with Crippen LogP contribution in [-0.2, 0) is 4.74 Å². The molecule has 0 amide bonds. The van der Waals surface area contributed by atoms with E-state index in [0.717, 1.165) is 25.3 Å². The van der Waals surface area contributed by atoms with E-state index in [0.29, 0.717) is 47.2 Å². The molecule has 2 aliphatic rings. The number of nitrogens with zero attached hydrogens (tertiary/aromatic N) is 4. The summed E-state index contributed by atoms with van der Waals surface area (Å²) in [5.41, 5.74) is 1.50. The zero-order valence-electron chi connectivity index (χ0n) is 18.9. The van der Waals surface area contributed by atoms with Crippen molar-refractivity contribution in [3.63, 3.8) is 0 Å². The van der Waals surface area contributed by atoms with E-state index >= 15 is 4.39 Å². The van der Waals surface area contributed by atoms with E-state index in [9.17, 15) is 4.39 Å². The maximum atomic E-state index is 15.2. The molecule has 1 aromatic carbocycles. The van der Waals surface area contributed by atoms with Gasteiger partial charge in [-0.3, -0.25) is 0 Å². The summed E-state index contributed by atoms with van der Waals surface area (Å²) in [6.07, 6.45) is -0.503. The average Bonchev–Trinajstić information content (AvgIpc) is 3.19. The molecule has 0 aliphatic carbocycles. The molecule has 2 aliphatic heterocycles.